The fourth-order valence-electron chi connectivity index (χ4n) is 0.809. The van der Waals surface area contributed by atoms with Gasteiger partial charge in [0.1, 0.15) is 0 Å². The van der Waals surface area contributed by atoms with Crippen LogP contribution in [0.3, 0.4) is 0 Å². The number of hydrogen-bond donors (Lipinski definition) is 0. The molecule has 0 fully saturated rings. The molecule has 0 radical (unpaired) electrons. The van der Waals surface area contributed by atoms with Gasteiger partial charge in [-0.05, 0) is 20.3 Å². The van der Waals surface area contributed by atoms with Crippen molar-refractivity contribution in [1.82, 2.24) is 0 Å². The van der Waals surface area contributed by atoms with Crippen molar-refractivity contribution < 1.29 is 13.5 Å². The lowest BCUT2D eigenvalue weighted by Crippen LogP contribution is -2.27. The molecule has 0 bridgehead atoms. The third-order valence-corrected chi connectivity index (χ3v) is 1.34. The summed E-state index contributed by atoms with van der Waals surface area (Å²) in [5.41, 5.74) is -0.676. The molecule has 0 aliphatic heterocycles. The highest BCUT2D eigenvalue weighted by Crippen LogP contribution is 2.19. The topological polar surface area (TPSA) is 9.23 Å². The van der Waals surface area contributed by atoms with Gasteiger partial charge in [0.25, 0.3) is 0 Å². The minimum atomic E-state index is -2.28. The molecule has 0 amide bonds. The van der Waals surface area contributed by atoms with Gasteiger partial charge in [0.05, 0.1) is 5.60 Å². The number of hydrogen-bond acceptors (Lipinski definition) is 1. The zero-order chi connectivity index (χ0) is 8.91. The zero-order valence-electron chi connectivity index (χ0n) is 7.36. The molecule has 0 aromatic carbocycles. The summed E-state index contributed by atoms with van der Waals surface area (Å²) >= 11 is 0. The van der Waals surface area contributed by atoms with Gasteiger partial charge in [-0.2, -0.15) is 0 Å². The van der Waals surface area contributed by atoms with E-state index in [1.807, 2.05) is 6.92 Å². The highest BCUT2D eigenvalue weighted by Gasteiger charge is 2.22. The Balaban J connectivity index is 3.61. The Bertz CT molecular complexity index is 102. The predicted molar refractivity (Wildman–Crippen MR) is 40.9 cm³/mol. The summed E-state index contributed by atoms with van der Waals surface area (Å²) in [7, 11) is 0. The Morgan fingerprint density at radius 1 is 1.36 bits per heavy atom. The van der Waals surface area contributed by atoms with Gasteiger partial charge in [-0.25, -0.2) is 8.78 Å². The minimum absolute atomic E-state index is 0.188. The molecule has 0 rings (SSSR count). The number of halogens is 2. The van der Waals surface area contributed by atoms with Gasteiger partial charge >= 0.3 is 0 Å². The highest BCUT2D eigenvalue weighted by atomic mass is 19.3. The van der Waals surface area contributed by atoms with Crippen molar-refractivity contribution in [2.75, 3.05) is 6.61 Å². The van der Waals surface area contributed by atoms with E-state index >= 15 is 0 Å². The monoisotopic (exact) mass is 166 g/mol. The van der Waals surface area contributed by atoms with Crippen LogP contribution in [-0.2, 0) is 4.74 Å². The fourth-order valence-corrected chi connectivity index (χ4v) is 0.809. The molecule has 0 unspecified atom stereocenters. The first-order valence-corrected chi connectivity index (χ1v) is 3.90. The van der Waals surface area contributed by atoms with E-state index in [2.05, 4.69) is 0 Å². The molecule has 68 valence electrons. The van der Waals surface area contributed by atoms with Crippen LogP contribution in [0.4, 0.5) is 8.78 Å². The van der Waals surface area contributed by atoms with E-state index in [1.54, 1.807) is 13.8 Å². The van der Waals surface area contributed by atoms with Crippen LogP contribution in [0.15, 0.2) is 0 Å². The van der Waals surface area contributed by atoms with E-state index in [1.165, 1.54) is 0 Å². The van der Waals surface area contributed by atoms with Crippen molar-refractivity contribution in [3.8, 4) is 0 Å². The van der Waals surface area contributed by atoms with Gasteiger partial charge in [0, 0.05) is 13.0 Å². The Morgan fingerprint density at radius 3 is 2.27 bits per heavy atom. The molecule has 0 heterocycles. The third-order valence-electron chi connectivity index (χ3n) is 1.34. The smallest absolute Gasteiger partial charge is 0.241 e. The van der Waals surface area contributed by atoms with Crippen molar-refractivity contribution in [2.24, 2.45) is 0 Å². The standard InChI is InChI=1S/C8H16F2O/c1-4-5-11-8(2,3)6-7(9)10/h7H,4-6H2,1-3H3. The van der Waals surface area contributed by atoms with E-state index in [4.69, 9.17) is 4.74 Å². The Morgan fingerprint density at radius 2 is 1.91 bits per heavy atom. The van der Waals surface area contributed by atoms with E-state index in [0.717, 1.165) is 6.42 Å². The van der Waals surface area contributed by atoms with Gasteiger partial charge in [-0.15, -0.1) is 0 Å². The molecular formula is C8H16F2O. The van der Waals surface area contributed by atoms with Crippen LogP contribution >= 0.6 is 0 Å². The van der Waals surface area contributed by atoms with Crippen LogP contribution in [0.2, 0.25) is 0 Å². The van der Waals surface area contributed by atoms with Gasteiger partial charge in [-0.1, -0.05) is 6.92 Å². The Kier molecular flexibility index (Phi) is 4.57. The van der Waals surface area contributed by atoms with E-state index < -0.39 is 12.0 Å². The molecule has 0 aromatic heterocycles. The SMILES string of the molecule is CCCOC(C)(C)CC(F)F. The van der Waals surface area contributed by atoms with E-state index in [-0.39, 0.29) is 6.42 Å². The van der Waals surface area contributed by atoms with Gasteiger partial charge < -0.3 is 4.74 Å². The van der Waals surface area contributed by atoms with Crippen LogP contribution < -0.4 is 0 Å². The van der Waals surface area contributed by atoms with Gasteiger partial charge in [0.2, 0.25) is 6.43 Å². The second-order valence-electron chi connectivity index (χ2n) is 3.20. The molecule has 0 aromatic rings. The van der Waals surface area contributed by atoms with Gasteiger partial charge in [0.15, 0.2) is 0 Å². The molecule has 11 heavy (non-hydrogen) atoms. The molecule has 0 aliphatic rings. The molecular weight excluding hydrogens is 150 g/mol. The molecule has 0 saturated carbocycles. The Hall–Kier alpha value is -0.180. The van der Waals surface area contributed by atoms with E-state index in [0.29, 0.717) is 6.61 Å². The van der Waals surface area contributed by atoms with Crippen LogP contribution in [-0.4, -0.2) is 18.6 Å². The first-order valence-electron chi connectivity index (χ1n) is 3.90. The normalized spacial score (nSPS) is 12.5. The summed E-state index contributed by atoms with van der Waals surface area (Å²) in [5, 5.41) is 0. The van der Waals surface area contributed by atoms with Crippen LogP contribution in [0, 0.1) is 0 Å². The molecule has 0 atom stereocenters. The van der Waals surface area contributed by atoms with Crippen molar-refractivity contribution in [1.29, 1.82) is 0 Å². The van der Waals surface area contributed by atoms with Crippen molar-refractivity contribution >= 4 is 0 Å². The lowest BCUT2D eigenvalue weighted by Gasteiger charge is -2.24. The fraction of sp³-hybridized carbons (Fsp3) is 1.00. The summed E-state index contributed by atoms with van der Waals surface area (Å²) in [5.74, 6) is 0. The average Bonchev–Trinajstić information content (AvgIpc) is 1.81. The third kappa shape index (κ3) is 6.23. The molecule has 1 nitrogen and oxygen atoms in total. The van der Waals surface area contributed by atoms with Crippen molar-refractivity contribution in [2.45, 2.75) is 45.6 Å². The molecule has 0 spiro atoms. The number of rotatable bonds is 5. The molecule has 3 heteroatoms. The zero-order valence-corrected chi connectivity index (χ0v) is 7.36. The van der Waals surface area contributed by atoms with Crippen molar-refractivity contribution in [3.05, 3.63) is 0 Å². The maximum absolute atomic E-state index is 11.9. The first-order chi connectivity index (χ1) is 4.98. The average molecular weight is 166 g/mol. The number of ether oxygens (including phenoxy) is 1. The largest absolute Gasteiger partial charge is 0.375 e. The second-order valence-corrected chi connectivity index (χ2v) is 3.20. The van der Waals surface area contributed by atoms with Crippen LogP contribution in [0.5, 0.6) is 0 Å². The molecule has 0 saturated heterocycles. The quantitative estimate of drug-likeness (QED) is 0.610. The lowest BCUT2D eigenvalue weighted by atomic mass is 10.1. The Labute approximate surface area is 66.7 Å². The summed E-state index contributed by atoms with van der Waals surface area (Å²) in [4.78, 5) is 0. The lowest BCUT2D eigenvalue weighted by molar-refractivity contribution is -0.0563. The van der Waals surface area contributed by atoms with Crippen LogP contribution in [0.1, 0.15) is 33.6 Å². The predicted octanol–water partition coefficient (Wildman–Crippen LogP) is 2.85. The maximum Gasteiger partial charge on any atom is 0.241 e. The summed E-state index contributed by atoms with van der Waals surface area (Å²) in [6.07, 6.45) is -1.60. The summed E-state index contributed by atoms with van der Waals surface area (Å²) < 4.78 is 29.0. The van der Waals surface area contributed by atoms with Crippen molar-refractivity contribution in [3.63, 3.8) is 0 Å². The second kappa shape index (κ2) is 4.65. The number of alkyl halides is 2. The maximum atomic E-state index is 11.9. The molecule has 0 N–H and O–H groups in total. The summed E-state index contributed by atoms with van der Waals surface area (Å²) in [6.45, 7) is 5.89. The van der Waals surface area contributed by atoms with Crippen LogP contribution in [0.25, 0.3) is 0 Å². The van der Waals surface area contributed by atoms with E-state index in [9.17, 15) is 8.78 Å². The molecule has 0 aliphatic carbocycles. The highest BCUT2D eigenvalue weighted by molar-refractivity contribution is 4.69. The summed E-state index contributed by atoms with van der Waals surface area (Å²) in [6, 6.07) is 0. The minimum Gasteiger partial charge on any atom is -0.375 e. The first kappa shape index (κ1) is 10.8. The van der Waals surface area contributed by atoms with Gasteiger partial charge in [-0.3, -0.25) is 0 Å².